The van der Waals surface area contributed by atoms with E-state index in [2.05, 4.69) is 56.2 Å². The van der Waals surface area contributed by atoms with Crippen molar-refractivity contribution in [3.63, 3.8) is 0 Å². The Morgan fingerprint density at radius 2 is 1.96 bits per heavy atom. The van der Waals surface area contributed by atoms with Gasteiger partial charge in [0.25, 0.3) is 0 Å². The predicted molar refractivity (Wildman–Crippen MR) is 103 cm³/mol. The molecular formula is C20H26ClNS. The average molecular weight is 348 g/mol. The second-order valence-corrected chi connectivity index (χ2v) is 8.09. The van der Waals surface area contributed by atoms with Crippen molar-refractivity contribution in [1.29, 1.82) is 0 Å². The molecule has 1 saturated heterocycles. The van der Waals surface area contributed by atoms with Gasteiger partial charge in [0, 0.05) is 24.4 Å². The number of nitrogens with zero attached hydrogens (tertiary/aromatic N) is 1. The first-order valence-corrected chi connectivity index (χ1v) is 10.0. The molecule has 0 aromatic heterocycles. The molecule has 3 heteroatoms. The number of halogens is 1. The molecule has 3 rings (SSSR count). The highest BCUT2D eigenvalue weighted by Gasteiger charge is 2.37. The summed E-state index contributed by atoms with van der Waals surface area (Å²) in [5.74, 6) is 3.01. The maximum atomic E-state index is 6.25. The van der Waals surface area contributed by atoms with Gasteiger partial charge in [-0.1, -0.05) is 43.7 Å². The molecule has 0 amide bonds. The minimum absolute atomic E-state index is 0.590. The summed E-state index contributed by atoms with van der Waals surface area (Å²) >= 11 is 8.21. The van der Waals surface area contributed by atoms with Crippen molar-refractivity contribution in [3.05, 3.63) is 57.6 Å². The van der Waals surface area contributed by atoms with E-state index in [0.29, 0.717) is 17.8 Å². The highest BCUT2D eigenvalue weighted by molar-refractivity contribution is 8.03. The molecule has 0 N–H and O–H groups in total. The third-order valence-corrected chi connectivity index (χ3v) is 6.65. The molecule has 1 aromatic carbocycles. The van der Waals surface area contributed by atoms with E-state index in [1.165, 1.54) is 34.8 Å². The molecule has 0 radical (unpaired) electrons. The van der Waals surface area contributed by atoms with Crippen molar-refractivity contribution in [3.8, 4) is 0 Å². The fourth-order valence-corrected chi connectivity index (χ4v) is 5.34. The Hall–Kier alpha value is -0.860. The van der Waals surface area contributed by atoms with Gasteiger partial charge in [-0.05, 0) is 59.9 Å². The van der Waals surface area contributed by atoms with Crippen LogP contribution in [0.4, 0.5) is 0 Å². The summed E-state index contributed by atoms with van der Waals surface area (Å²) in [6.07, 6.45) is 9.37. The van der Waals surface area contributed by atoms with Crippen LogP contribution in [0.1, 0.15) is 49.7 Å². The minimum atomic E-state index is 0.590. The molecule has 1 nitrogen and oxygen atoms in total. The van der Waals surface area contributed by atoms with Gasteiger partial charge in [-0.2, -0.15) is 0 Å². The van der Waals surface area contributed by atoms with Crippen molar-refractivity contribution in [1.82, 2.24) is 4.90 Å². The molecule has 1 heterocycles. The van der Waals surface area contributed by atoms with Gasteiger partial charge in [0.05, 0.1) is 5.03 Å². The van der Waals surface area contributed by atoms with E-state index in [1.807, 2.05) is 17.8 Å². The van der Waals surface area contributed by atoms with Crippen LogP contribution in [-0.4, -0.2) is 24.2 Å². The molecule has 3 unspecified atom stereocenters. The monoisotopic (exact) mass is 347 g/mol. The number of rotatable bonds is 4. The predicted octanol–water partition coefficient (Wildman–Crippen LogP) is 6.03. The first-order chi connectivity index (χ1) is 11.2. The Morgan fingerprint density at radius 1 is 1.22 bits per heavy atom. The van der Waals surface area contributed by atoms with Crippen LogP contribution in [0.25, 0.3) is 0 Å². The van der Waals surface area contributed by atoms with E-state index >= 15 is 0 Å². The maximum absolute atomic E-state index is 6.25. The van der Waals surface area contributed by atoms with Gasteiger partial charge < -0.3 is 4.90 Å². The number of fused-ring (bicyclic) bond motifs is 1. The smallest absolute Gasteiger partial charge is 0.0705 e. The molecule has 1 fully saturated rings. The molecular weight excluding hydrogens is 322 g/mol. The normalized spacial score (nSPS) is 29.0. The highest BCUT2D eigenvalue weighted by Crippen LogP contribution is 2.50. The van der Waals surface area contributed by atoms with E-state index in [9.17, 15) is 0 Å². The van der Waals surface area contributed by atoms with Crippen LogP contribution in [0.5, 0.6) is 0 Å². The van der Waals surface area contributed by atoms with E-state index in [4.69, 9.17) is 11.6 Å². The lowest BCUT2D eigenvalue weighted by molar-refractivity contribution is 0.449. The zero-order valence-corrected chi connectivity index (χ0v) is 15.8. The van der Waals surface area contributed by atoms with Crippen LogP contribution in [0.2, 0.25) is 5.02 Å². The molecule has 2 aliphatic rings. The lowest BCUT2D eigenvalue weighted by atomic mass is 9.84. The van der Waals surface area contributed by atoms with Crippen molar-refractivity contribution < 1.29 is 0 Å². The van der Waals surface area contributed by atoms with Crippen LogP contribution in [0.15, 0.2) is 41.5 Å². The summed E-state index contributed by atoms with van der Waals surface area (Å²) < 4.78 is 0. The largest absolute Gasteiger partial charge is 0.369 e. The van der Waals surface area contributed by atoms with E-state index in [-0.39, 0.29) is 0 Å². The molecule has 0 spiro atoms. The number of allylic oxidation sites excluding steroid dienone is 3. The number of hydrogen-bond donors (Lipinski definition) is 0. The van der Waals surface area contributed by atoms with E-state index in [1.54, 1.807) is 0 Å². The number of thioether (sulfide) groups is 1. The Kier molecular flexibility index (Phi) is 5.43. The lowest BCUT2D eigenvalue weighted by Gasteiger charge is -2.20. The topological polar surface area (TPSA) is 3.24 Å². The SMILES string of the molecule is CCC1c2ccc(Cl)cc2C(CC)C1C=CC=C1SCCN1C. The molecule has 1 aliphatic heterocycles. The third kappa shape index (κ3) is 3.34. The first kappa shape index (κ1) is 17.0. The Morgan fingerprint density at radius 3 is 2.61 bits per heavy atom. The standard InChI is InChI=1S/C20H26ClNS/c1-4-15-17(7-6-8-20-22(3)11-12-23-20)16(5-2)19-13-14(21)9-10-18(15)19/h6-10,13,15-17H,4-5,11-12H2,1-3H3. The van der Waals surface area contributed by atoms with Gasteiger partial charge in [0.15, 0.2) is 0 Å². The van der Waals surface area contributed by atoms with Gasteiger partial charge in [-0.3, -0.25) is 0 Å². The van der Waals surface area contributed by atoms with Gasteiger partial charge in [0.2, 0.25) is 0 Å². The Balaban J connectivity index is 1.86. The van der Waals surface area contributed by atoms with Crippen molar-refractivity contribution >= 4 is 23.4 Å². The molecule has 0 saturated carbocycles. The number of benzene rings is 1. The summed E-state index contributed by atoms with van der Waals surface area (Å²) in [6.45, 7) is 5.77. The van der Waals surface area contributed by atoms with Gasteiger partial charge in [-0.25, -0.2) is 0 Å². The van der Waals surface area contributed by atoms with Crippen LogP contribution in [-0.2, 0) is 0 Å². The fraction of sp³-hybridized carbons (Fsp3) is 0.500. The highest BCUT2D eigenvalue weighted by atomic mass is 35.5. The molecule has 124 valence electrons. The van der Waals surface area contributed by atoms with Crippen LogP contribution in [0.3, 0.4) is 0 Å². The Labute approximate surface area is 149 Å². The fourth-order valence-electron chi connectivity index (χ4n) is 4.10. The van der Waals surface area contributed by atoms with Crippen LogP contribution < -0.4 is 0 Å². The molecule has 3 atom stereocenters. The summed E-state index contributed by atoms with van der Waals surface area (Å²) in [4.78, 5) is 2.34. The second-order valence-electron chi connectivity index (χ2n) is 6.54. The summed E-state index contributed by atoms with van der Waals surface area (Å²) in [5, 5.41) is 2.26. The van der Waals surface area contributed by atoms with Gasteiger partial charge >= 0.3 is 0 Å². The molecule has 1 aliphatic carbocycles. The van der Waals surface area contributed by atoms with Gasteiger partial charge in [0.1, 0.15) is 0 Å². The van der Waals surface area contributed by atoms with E-state index < -0.39 is 0 Å². The second kappa shape index (κ2) is 7.36. The van der Waals surface area contributed by atoms with Crippen molar-refractivity contribution in [2.24, 2.45) is 5.92 Å². The molecule has 1 aromatic rings. The van der Waals surface area contributed by atoms with Gasteiger partial charge in [-0.15, -0.1) is 11.8 Å². The van der Waals surface area contributed by atoms with E-state index in [0.717, 1.165) is 11.6 Å². The maximum Gasteiger partial charge on any atom is 0.0705 e. The summed E-state index contributed by atoms with van der Waals surface area (Å²) in [7, 11) is 2.18. The zero-order valence-electron chi connectivity index (χ0n) is 14.3. The molecule has 23 heavy (non-hydrogen) atoms. The first-order valence-electron chi connectivity index (χ1n) is 8.67. The third-order valence-electron chi connectivity index (χ3n) is 5.28. The zero-order chi connectivity index (χ0) is 16.4. The Bertz CT molecular complexity index is 622. The quantitative estimate of drug-likeness (QED) is 0.653. The summed E-state index contributed by atoms with van der Waals surface area (Å²) in [5.41, 5.74) is 2.99. The van der Waals surface area contributed by atoms with Crippen LogP contribution in [0, 0.1) is 5.92 Å². The van der Waals surface area contributed by atoms with Crippen molar-refractivity contribution in [2.45, 2.75) is 38.5 Å². The average Bonchev–Trinajstić information content (AvgIpc) is 3.07. The molecule has 0 bridgehead atoms. The van der Waals surface area contributed by atoms with Crippen LogP contribution >= 0.6 is 23.4 Å². The van der Waals surface area contributed by atoms with Crippen molar-refractivity contribution in [2.75, 3.05) is 19.3 Å². The lowest BCUT2D eigenvalue weighted by Crippen LogP contribution is -2.10. The summed E-state index contributed by atoms with van der Waals surface area (Å²) in [6, 6.07) is 6.50. The minimum Gasteiger partial charge on any atom is -0.369 e. The number of hydrogen-bond acceptors (Lipinski definition) is 2.